The highest BCUT2D eigenvalue weighted by Gasteiger charge is 2.33. The van der Waals surface area contributed by atoms with E-state index in [2.05, 4.69) is 59.8 Å². The highest BCUT2D eigenvalue weighted by atomic mass is 79.9. The normalized spacial score (nSPS) is 20.0. The molecule has 0 atom stereocenters. The molecule has 0 aliphatic carbocycles. The number of nitrogens with zero attached hydrogens (tertiary/aromatic N) is 1. The largest absolute Gasteiger partial charge is 0.298 e. The first kappa shape index (κ1) is 11.2. The molecule has 1 saturated heterocycles. The Hall–Kier alpha value is -0.340. The molecule has 1 aromatic rings. The lowest BCUT2D eigenvalue weighted by Gasteiger charge is -2.46. The zero-order valence-corrected chi connectivity index (χ0v) is 11.3. The van der Waals surface area contributed by atoms with Crippen molar-refractivity contribution in [2.24, 2.45) is 5.41 Å². The van der Waals surface area contributed by atoms with E-state index in [0.29, 0.717) is 5.41 Å². The van der Waals surface area contributed by atoms with Gasteiger partial charge in [-0.2, -0.15) is 0 Å². The van der Waals surface area contributed by atoms with Crippen molar-refractivity contribution >= 4 is 15.9 Å². The van der Waals surface area contributed by atoms with Crippen LogP contribution in [0.1, 0.15) is 25.0 Å². The van der Waals surface area contributed by atoms with Gasteiger partial charge in [0, 0.05) is 24.1 Å². The van der Waals surface area contributed by atoms with E-state index in [-0.39, 0.29) is 0 Å². The second-order valence-electron chi connectivity index (χ2n) is 5.39. The lowest BCUT2D eigenvalue weighted by molar-refractivity contribution is 0.0242. The van der Waals surface area contributed by atoms with Crippen molar-refractivity contribution in [2.75, 3.05) is 13.1 Å². The van der Waals surface area contributed by atoms with Gasteiger partial charge in [-0.1, -0.05) is 41.9 Å². The third kappa shape index (κ3) is 2.61. The van der Waals surface area contributed by atoms with Crippen LogP contribution in [-0.4, -0.2) is 18.0 Å². The summed E-state index contributed by atoms with van der Waals surface area (Å²) in [5.41, 5.74) is 3.24. The summed E-state index contributed by atoms with van der Waals surface area (Å²) in [4.78, 5) is 2.50. The van der Waals surface area contributed by atoms with E-state index in [1.165, 1.54) is 28.7 Å². The Balaban J connectivity index is 1.98. The monoisotopic (exact) mass is 267 g/mol. The van der Waals surface area contributed by atoms with Gasteiger partial charge in [-0.3, -0.25) is 4.90 Å². The van der Waals surface area contributed by atoms with Gasteiger partial charge >= 0.3 is 0 Å². The molecule has 0 amide bonds. The maximum absolute atomic E-state index is 3.58. The SMILES string of the molecule is Cc1ccc(CN2CC(C)(C)C2)cc1Br. The Kier molecular flexibility index (Phi) is 2.91. The second kappa shape index (κ2) is 3.91. The molecule has 2 heteroatoms. The highest BCUT2D eigenvalue weighted by Crippen LogP contribution is 2.30. The molecule has 0 aromatic heterocycles. The van der Waals surface area contributed by atoms with Crippen molar-refractivity contribution < 1.29 is 0 Å². The molecule has 15 heavy (non-hydrogen) atoms. The molecular formula is C13H18BrN. The van der Waals surface area contributed by atoms with Crippen LogP contribution in [0.15, 0.2) is 22.7 Å². The van der Waals surface area contributed by atoms with Gasteiger partial charge < -0.3 is 0 Å². The maximum Gasteiger partial charge on any atom is 0.0234 e. The van der Waals surface area contributed by atoms with Crippen LogP contribution in [0.25, 0.3) is 0 Å². The van der Waals surface area contributed by atoms with Crippen LogP contribution in [0.5, 0.6) is 0 Å². The van der Waals surface area contributed by atoms with Crippen molar-refractivity contribution in [3.63, 3.8) is 0 Å². The Morgan fingerprint density at radius 1 is 1.33 bits per heavy atom. The number of rotatable bonds is 2. The van der Waals surface area contributed by atoms with Gasteiger partial charge in [-0.15, -0.1) is 0 Å². The quantitative estimate of drug-likeness (QED) is 0.792. The first-order valence-corrected chi connectivity index (χ1v) is 6.23. The fraction of sp³-hybridized carbons (Fsp3) is 0.538. The summed E-state index contributed by atoms with van der Waals surface area (Å²) < 4.78 is 1.22. The van der Waals surface area contributed by atoms with E-state index in [0.717, 1.165) is 6.54 Å². The summed E-state index contributed by atoms with van der Waals surface area (Å²) in [5, 5.41) is 0. The molecule has 82 valence electrons. The Morgan fingerprint density at radius 2 is 2.00 bits per heavy atom. The lowest BCUT2D eigenvalue weighted by atomic mass is 9.84. The topological polar surface area (TPSA) is 3.24 Å². The number of hydrogen-bond acceptors (Lipinski definition) is 1. The van der Waals surface area contributed by atoms with Gasteiger partial charge in [0.05, 0.1) is 0 Å². The molecule has 0 unspecified atom stereocenters. The summed E-state index contributed by atoms with van der Waals surface area (Å²) in [6.45, 7) is 10.3. The third-order valence-electron chi connectivity index (χ3n) is 2.95. The second-order valence-corrected chi connectivity index (χ2v) is 6.25. The van der Waals surface area contributed by atoms with Crippen molar-refractivity contribution in [2.45, 2.75) is 27.3 Å². The zero-order chi connectivity index (χ0) is 11.1. The predicted molar refractivity (Wildman–Crippen MR) is 67.9 cm³/mol. The zero-order valence-electron chi connectivity index (χ0n) is 9.68. The molecule has 1 aliphatic heterocycles. The summed E-state index contributed by atoms with van der Waals surface area (Å²) in [6, 6.07) is 6.65. The number of hydrogen-bond donors (Lipinski definition) is 0. The van der Waals surface area contributed by atoms with Crippen LogP contribution in [0.3, 0.4) is 0 Å². The molecule has 1 fully saturated rings. The molecule has 2 rings (SSSR count). The predicted octanol–water partition coefficient (Wildman–Crippen LogP) is 3.60. The van der Waals surface area contributed by atoms with Gasteiger partial charge in [0.25, 0.3) is 0 Å². The first-order valence-electron chi connectivity index (χ1n) is 5.44. The van der Waals surface area contributed by atoms with Crippen LogP contribution < -0.4 is 0 Å². The summed E-state index contributed by atoms with van der Waals surface area (Å²) in [6.07, 6.45) is 0. The highest BCUT2D eigenvalue weighted by molar-refractivity contribution is 9.10. The minimum atomic E-state index is 0.530. The standard InChI is InChI=1S/C13H18BrN/c1-10-4-5-11(6-12(10)14)7-15-8-13(2,3)9-15/h4-6H,7-9H2,1-3H3. The molecule has 1 nitrogen and oxygen atoms in total. The van der Waals surface area contributed by atoms with Crippen LogP contribution in [-0.2, 0) is 6.54 Å². The van der Waals surface area contributed by atoms with Crippen LogP contribution in [0, 0.1) is 12.3 Å². The molecule has 1 aliphatic rings. The van der Waals surface area contributed by atoms with Crippen molar-refractivity contribution in [1.82, 2.24) is 4.90 Å². The van der Waals surface area contributed by atoms with E-state index in [1.54, 1.807) is 0 Å². The van der Waals surface area contributed by atoms with Crippen LogP contribution in [0.2, 0.25) is 0 Å². The minimum Gasteiger partial charge on any atom is -0.298 e. The number of likely N-dealkylation sites (tertiary alicyclic amines) is 1. The fourth-order valence-electron chi connectivity index (χ4n) is 2.27. The summed E-state index contributed by atoms with van der Waals surface area (Å²) >= 11 is 3.58. The molecule has 0 radical (unpaired) electrons. The van der Waals surface area contributed by atoms with E-state index < -0.39 is 0 Å². The van der Waals surface area contributed by atoms with Gasteiger partial charge in [-0.25, -0.2) is 0 Å². The lowest BCUT2D eigenvalue weighted by Crippen LogP contribution is -2.52. The summed E-state index contributed by atoms with van der Waals surface area (Å²) in [5.74, 6) is 0. The average molecular weight is 268 g/mol. The first-order chi connectivity index (χ1) is 6.96. The Bertz CT molecular complexity index is 363. The van der Waals surface area contributed by atoms with Crippen LogP contribution in [0.4, 0.5) is 0 Å². The van der Waals surface area contributed by atoms with Crippen molar-refractivity contribution in [3.05, 3.63) is 33.8 Å². The Morgan fingerprint density at radius 3 is 2.53 bits per heavy atom. The molecular weight excluding hydrogens is 250 g/mol. The summed E-state index contributed by atoms with van der Waals surface area (Å²) in [7, 11) is 0. The van der Waals surface area contributed by atoms with Crippen molar-refractivity contribution in [1.29, 1.82) is 0 Å². The van der Waals surface area contributed by atoms with E-state index in [4.69, 9.17) is 0 Å². The fourth-order valence-corrected chi connectivity index (χ4v) is 2.70. The smallest absolute Gasteiger partial charge is 0.0234 e. The van der Waals surface area contributed by atoms with Gasteiger partial charge in [0.15, 0.2) is 0 Å². The van der Waals surface area contributed by atoms with Crippen LogP contribution >= 0.6 is 15.9 Å². The molecule has 0 bridgehead atoms. The Labute approximate surface area is 101 Å². The molecule has 0 N–H and O–H groups in total. The van der Waals surface area contributed by atoms with Gasteiger partial charge in [0.2, 0.25) is 0 Å². The van der Waals surface area contributed by atoms with E-state index >= 15 is 0 Å². The molecule has 0 spiro atoms. The molecule has 0 saturated carbocycles. The maximum atomic E-state index is 3.58. The third-order valence-corrected chi connectivity index (χ3v) is 3.80. The van der Waals surface area contributed by atoms with Gasteiger partial charge in [0.1, 0.15) is 0 Å². The van der Waals surface area contributed by atoms with Gasteiger partial charge in [-0.05, 0) is 29.5 Å². The van der Waals surface area contributed by atoms with E-state index in [1.807, 2.05) is 0 Å². The van der Waals surface area contributed by atoms with E-state index in [9.17, 15) is 0 Å². The minimum absolute atomic E-state index is 0.530. The average Bonchev–Trinajstić information content (AvgIpc) is 2.08. The van der Waals surface area contributed by atoms with Crippen molar-refractivity contribution in [3.8, 4) is 0 Å². The number of halogens is 1. The molecule has 1 heterocycles. The molecule has 1 aromatic carbocycles. The number of aryl methyl sites for hydroxylation is 1. The number of benzene rings is 1.